The molecule has 0 saturated carbocycles. The monoisotopic (exact) mass is 513 g/mol. The molecule has 3 heterocycles. The Morgan fingerprint density at radius 3 is 2.72 bits per heavy atom. The molecule has 0 aliphatic carbocycles. The van der Waals surface area contributed by atoms with E-state index in [-0.39, 0.29) is 17.0 Å². The minimum Gasteiger partial charge on any atom is -0.491 e. The van der Waals surface area contributed by atoms with Crippen molar-refractivity contribution < 1.29 is 19.1 Å². The van der Waals surface area contributed by atoms with E-state index in [1.807, 2.05) is 13.8 Å². The van der Waals surface area contributed by atoms with Crippen LogP contribution in [0, 0.1) is 0 Å². The number of ether oxygens (including phenoxy) is 2. The number of hydrogen-bond acceptors (Lipinski definition) is 7. The van der Waals surface area contributed by atoms with Crippen LogP contribution in [0.2, 0.25) is 5.02 Å². The number of hydrogen-bond donors (Lipinski definition) is 2. The van der Waals surface area contributed by atoms with E-state index in [1.165, 1.54) is 10.7 Å². The molecule has 0 bridgehead atoms. The number of nitrogens with zero attached hydrogens (tertiary/aromatic N) is 5. The van der Waals surface area contributed by atoms with Gasteiger partial charge in [-0.25, -0.2) is 14.3 Å². The number of aryl methyl sites for hydroxylation is 1. The SMILES string of the molecule is CCOc1c(C(C)NC(=O)c2c(NC(=O)OC(C)(C)C)nn3cccnc23)cc(Cl)c2cnn(C)c12. The van der Waals surface area contributed by atoms with Gasteiger partial charge in [-0.15, -0.1) is 5.10 Å². The van der Waals surface area contributed by atoms with Crippen molar-refractivity contribution >= 4 is 46.0 Å². The third kappa shape index (κ3) is 4.92. The number of fused-ring (bicyclic) bond motifs is 2. The van der Waals surface area contributed by atoms with Crippen molar-refractivity contribution in [1.82, 2.24) is 29.7 Å². The lowest BCUT2D eigenvalue weighted by Crippen LogP contribution is -2.30. The minimum atomic E-state index is -0.736. The van der Waals surface area contributed by atoms with Gasteiger partial charge in [-0.05, 0) is 46.8 Å². The lowest BCUT2D eigenvalue weighted by Gasteiger charge is -2.20. The van der Waals surface area contributed by atoms with Crippen LogP contribution in [-0.2, 0) is 11.8 Å². The van der Waals surface area contributed by atoms with E-state index in [9.17, 15) is 9.59 Å². The Labute approximate surface area is 212 Å². The lowest BCUT2D eigenvalue weighted by molar-refractivity contribution is 0.0635. The molecule has 190 valence electrons. The molecule has 0 fully saturated rings. The summed E-state index contributed by atoms with van der Waals surface area (Å²) in [6.45, 7) is 9.34. The molecule has 0 radical (unpaired) electrons. The fourth-order valence-corrected chi connectivity index (χ4v) is 4.10. The molecule has 4 rings (SSSR count). The van der Waals surface area contributed by atoms with Gasteiger partial charge in [0.2, 0.25) is 0 Å². The summed E-state index contributed by atoms with van der Waals surface area (Å²) in [6, 6.07) is 2.90. The van der Waals surface area contributed by atoms with Gasteiger partial charge in [0.15, 0.2) is 17.2 Å². The number of nitrogens with one attached hydrogen (secondary N) is 2. The van der Waals surface area contributed by atoms with Crippen LogP contribution in [0.3, 0.4) is 0 Å². The molecule has 0 aliphatic heterocycles. The van der Waals surface area contributed by atoms with Crippen molar-refractivity contribution in [2.45, 2.75) is 46.3 Å². The van der Waals surface area contributed by atoms with Crippen molar-refractivity contribution in [3.05, 3.63) is 46.9 Å². The molecule has 36 heavy (non-hydrogen) atoms. The fourth-order valence-electron chi connectivity index (χ4n) is 3.85. The van der Waals surface area contributed by atoms with Crippen LogP contribution in [0.15, 0.2) is 30.7 Å². The molecular weight excluding hydrogens is 486 g/mol. The number of aromatic nitrogens is 5. The number of carbonyl (C=O) groups is 2. The van der Waals surface area contributed by atoms with Crippen molar-refractivity contribution in [3.63, 3.8) is 0 Å². The van der Waals surface area contributed by atoms with Gasteiger partial charge >= 0.3 is 6.09 Å². The smallest absolute Gasteiger partial charge is 0.413 e. The average Bonchev–Trinajstić information content (AvgIpc) is 3.34. The number of anilines is 1. The van der Waals surface area contributed by atoms with Crippen LogP contribution in [0.1, 0.15) is 56.6 Å². The molecule has 2 N–H and O–H groups in total. The molecule has 0 saturated heterocycles. The van der Waals surface area contributed by atoms with Crippen molar-refractivity contribution in [2.75, 3.05) is 11.9 Å². The van der Waals surface area contributed by atoms with E-state index < -0.39 is 23.6 Å². The first kappa shape index (κ1) is 25.2. The van der Waals surface area contributed by atoms with Crippen molar-refractivity contribution in [2.24, 2.45) is 7.05 Å². The lowest BCUT2D eigenvalue weighted by atomic mass is 10.0. The Morgan fingerprint density at radius 1 is 1.28 bits per heavy atom. The highest BCUT2D eigenvalue weighted by Gasteiger charge is 2.27. The maximum atomic E-state index is 13.5. The number of carbonyl (C=O) groups excluding carboxylic acids is 2. The predicted molar refractivity (Wildman–Crippen MR) is 136 cm³/mol. The second-order valence-corrected chi connectivity index (χ2v) is 9.58. The number of benzene rings is 1. The first-order chi connectivity index (χ1) is 17.0. The third-order valence-electron chi connectivity index (χ3n) is 5.30. The summed E-state index contributed by atoms with van der Waals surface area (Å²) >= 11 is 6.53. The number of amides is 2. The molecule has 11 nitrogen and oxygen atoms in total. The van der Waals surface area contributed by atoms with Crippen LogP contribution < -0.4 is 15.4 Å². The topological polar surface area (TPSA) is 125 Å². The van der Waals surface area contributed by atoms with Gasteiger partial charge in [0.05, 0.1) is 23.9 Å². The van der Waals surface area contributed by atoms with Gasteiger partial charge in [-0.3, -0.25) is 14.8 Å². The van der Waals surface area contributed by atoms with E-state index in [4.69, 9.17) is 21.1 Å². The van der Waals surface area contributed by atoms with E-state index >= 15 is 0 Å². The van der Waals surface area contributed by atoms with Crippen LogP contribution in [-0.4, -0.2) is 48.6 Å². The molecule has 0 spiro atoms. The highest BCUT2D eigenvalue weighted by molar-refractivity contribution is 6.35. The second-order valence-electron chi connectivity index (χ2n) is 9.17. The highest BCUT2D eigenvalue weighted by Crippen LogP contribution is 2.38. The van der Waals surface area contributed by atoms with Crippen molar-refractivity contribution in [1.29, 1.82) is 0 Å². The molecule has 1 atom stereocenters. The van der Waals surface area contributed by atoms with Gasteiger partial charge in [0.1, 0.15) is 16.7 Å². The average molecular weight is 514 g/mol. The van der Waals surface area contributed by atoms with Crippen LogP contribution >= 0.6 is 11.6 Å². The molecule has 2 amide bonds. The van der Waals surface area contributed by atoms with Crippen LogP contribution in [0.5, 0.6) is 5.75 Å². The molecule has 4 aromatic rings. The summed E-state index contributed by atoms with van der Waals surface area (Å²) in [5.74, 6) is 0.110. The van der Waals surface area contributed by atoms with Gasteiger partial charge in [0, 0.05) is 30.4 Å². The standard InChI is InChI=1S/C24H28ClN7O4/c1-7-35-19-14(11-16(25)15-12-27-31(6)18(15)19)13(2)28-22(33)17-20(29-23(34)36-24(3,4)5)30-32-10-8-9-26-21(17)32/h8-13H,7H2,1-6H3,(H,28,33)(H,29,30,34). The fraction of sp³-hybridized carbons (Fsp3) is 0.375. The quantitative estimate of drug-likeness (QED) is 0.388. The number of halogens is 1. The van der Waals surface area contributed by atoms with E-state index in [0.29, 0.717) is 22.9 Å². The Kier molecular flexibility index (Phi) is 6.77. The Balaban J connectivity index is 1.71. The summed E-state index contributed by atoms with van der Waals surface area (Å²) in [6.07, 6.45) is 4.11. The summed E-state index contributed by atoms with van der Waals surface area (Å²) in [7, 11) is 1.80. The van der Waals surface area contributed by atoms with E-state index in [0.717, 1.165) is 10.9 Å². The van der Waals surface area contributed by atoms with Gasteiger partial charge in [-0.2, -0.15) is 5.10 Å². The largest absolute Gasteiger partial charge is 0.491 e. The normalized spacial score (nSPS) is 12.5. The molecule has 1 aromatic carbocycles. The first-order valence-electron chi connectivity index (χ1n) is 11.4. The molecule has 0 aliphatic rings. The molecule has 12 heteroatoms. The zero-order chi connectivity index (χ0) is 26.2. The van der Waals surface area contributed by atoms with Gasteiger partial charge < -0.3 is 14.8 Å². The molecular formula is C24H28ClN7O4. The Hall–Kier alpha value is -3.86. The van der Waals surface area contributed by atoms with Gasteiger partial charge in [-0.1, -0.05) is 11.6 Å². The zero-order valence-corrected chi connectivity index (χ0v) is 21.7. The van der Waals surface area contributed by atoms with E-state index in [2.05, 4.69) is 25.8 Å². The summed E-state index contributed by atoms with van der Waals surface area (Å²) < 4.78 is 14.4. The summed E-state index contributed by atoms with van der Waals surface area (Å²) in [4.78, 5) is 30.3. The van der Waals surface area contributed by atoms with Crippen LogP contribution in [0.25, 0.3) is 16.6 Å². The maximum Gasteiger partial charge on any atom is 0.413 e. The Morgan fingerprint density at radius 2 is 2.03 bits per heavy atom. The molecule has 3 aromatic heterocycles. The summed E-state index contributed by atoms with van der Waals surface area (Å²) in [5.41, 5.74) is 1.05. The Bertz CT molecular complexity index is 1450. The van der Waals surface area contributed by atoms with Crippen LogP contribution in [0.4, 0.5) is 10.6 Å². The first-order valence-corrected chi connectivity index (χ1v) is 11.8. The maximum absolute atomic E-state index is 13.5. The number of rotatable bonds is 6. The highest BCUT2D eigenvalue weighted by atomic mass is 35.5. The second kappa shape index (κ2) is 9.65. The minimum absolute atomic E-state index is 0.0257. The van der Waals surface area contributed by atoms with Crippen molar-refractivity contribution in [3.8, 4) is 5.75 Å². The zero-order valence-electron chi connectivity index (χ0n) is 20.9. The van der Waals surface area contributed by atoms with Gasteiger partial charge in [0.25, 0.3) is 5.91 Å². The van der Waals surface area contributed by atoms with E-state index in [1.54, 1.807) is 57.0 Å². The third-order valence-corrected chi connectivity index (χ3v) is 5.61. The summed E-state index contributed by atoms with van der Waals surface area (Å²) in [5, 5.41) is 15.4. The molecule has 1 unspecified atom stereocenters. The predicted octanol–water partition coefficient (Wildman–Crippen LogP) is 4.51.